The van der Waals surface area contributed by atoms with Gasteiger partial charge in [0.2, 0.25) is 5.89 Å². The fourth-order valence-corrected chi connectivity index (χ4v) is 3.06. The van der Waals surface area contributed by atoms with Crippen molar-refractivity contribution >= 4 is 0 Å². The average molecular weight is 331 g/mol. The average Bonchev–Trinajstić information content (AvgIpc) is 3.05. The van der Waals surface area contributed by atoms with E-state index in [4.69, 9.17) is 14.0 Å². The first-order chi connectivity index (χ1) is 11.7. The molecule has 0 bridgehead atoms. The minimum atomic E-state index is 0.687. The van der Waals surface area contributed by atoms with Crippen LogP contribution in [0.2, 0.25) is 0 Å². The molecule has 6 nitrogen and oxygen atoms in total. The molecule has 2 aromatic rings. The summed E-state index contributed by atoms with van der Waals surface area (Å²) in [6.07, 6.45) is 4.10. The van der Waals surface area contributed by atoms with Crippen LogP contribution in [0.5, 0.6) is 11.5 Å². The molecule has 0 saturated heterocycles. The van der Waals surface area contributed by atoms with E-state index >= 15 is 0 Å². The second-order valence-corrected chi connectivity index (χ2v) is 6.14. The maximum Gasteiger partial charge on any atom is 0.240 e. The van der Waals surface area contributed by atoms with E-state index in [2.05, 4.69) is 34.1 Å². The normalized spacial score (nSPS) is 14.5. The number of ether oxygens (including phenoxy) is 2. The van der Waals surface area contributed by atoms with Crippen LogP contribution in [-0.2, 0) is 25.9 Å². The second-order valence-electron chi connectivity index (χ2n) is 6.14. The minimum absolute atomic E-state index is 0.687. The summed E-state index contributed by atoms with van der Waals surface area (Å²) in [5.74, 6) is 3.08. The minimum Gasteiger partial charge on any atom is -0.493 e. The summed E-state index contributed by atoms with van der Waals surface area (Å²) < 4.78 is 16.2. The van der Waals surface area contributed by atoms with E-state index in [1.165, 1.54) is 11.1 Å². The van der Waals surface area contributed by atoms with Crippen molar-refractivity contribution in [1.29, 1.82) is 0 Å². The smallest absolute Gasteiger partial charge is 0.240 e. The van der Waals surface area contributed by atoms with Crippen LogP contribution in [0.1, 0.15) is 42.6 Å². The largest absolute Gasteiger partial charge is 0.493 e. The summed E-state index contributed by atoms with van der Waals surface area (Å²) in [4.78, 5) is 6.82. The van der Waals surface area contributed by atoms with Crippen molar-refractivity contribution < 1.29 is 14.0 Å². The molecule has 0 amide bonds. The molecular formula is C18H25N3O3. The predicted octanol–water partition coefficient (Wildman–Crippen LogP) is 2.99. The highest BCUT2D eigenvalue weighted by Gasteiger charge is 2.21. The monoisotopic (exact) mass is 331 g/mol. The van der Waals surface area contributed by atoms with E-state index in [9.17, 15) is 0 Å². The lowest BCUT2D eigenvalue weighted by Gasteiger charge is -2.28. The summed E-state index contributed by atoms with van der Waals surface area (Å²) in [5, 5.41) is 4.06. The Morgan fingerprint density at radius 2 is 1.92 bits per heavy atom. The first-order valence-electron chi connectivity index (χ1n) is 8.51. The molecule has 1 aliphatic rings. The number of unbranched alkanes of at least 4 members (excludes halogenated alkanes) is 1. The zero-order valence-corrected chi connectivity index (χ0v) is 14.7. The van der Waals surface area contributed by atoms with Crippen molar-refractivity contribution in [2.75, 3.05) is 20.8 Å². The number of hydrogen-bond acceptors (Lipinski definition) is 6. The SMILES string of the molecule is CCCCc1noc(CN2CCc3cc(OC)c(OC)cc3C2)n1. The molecule has 0 N–H and O–H groups in total. The molecule has 1 aliphatic heterocycles. The Balaban J connectivity index is 1.67. The van der Waals surface area contributed by atoms with Crippen molar-refractivity contribution in [3.05, 3.63) is 35.0 Å². The maximum absolute atomic E-state index is 5.41. The molecule has 130 valence electrons. The van der Waals surface area contributed by atoms with Gasteiger partial charge in [0.1, 0.15) is 0 Å². The third-order valence-corrected chi connectivity index (χ3v) is 4.42. The Morgan fingerprint density at radius 3 is 2.62 bits per heavy atom. The van der Waals surface area contributed by atoms with E-state index in [1.54, 1.807) is 14.2 Å². The van der Waals surface area contributed by atoms with E-state index in [-0.39, 0.29) is 0 Å². The highest BCUT2D eigenvalue weighted by atomic mass is 16.5. The van der Waals surface area contributed by atoms with Crippen LogP contribution in [-0.4, -0.2) is 35.8 Å². The molecular weight excluding hydrogens is 306 g/mol. The fraction of sp³-hybridized carbons (Fsp3) is 0.556. The standard InChI is InChI=1S/C18H25N3O3/c1-4-5-6-17-19-18(24-20-17)12-21-8-7-13-9-15(22-2)16(23-3)10-14(13)11-21/h9-10H,4-8,11-12H2,1-3H3. The summed E-state index contributed by atoms with van der Waals surface area (Å²) >= 11 is 0. The third kappa shape index (κ3) is 3.70. The van der Waals surface area contributed by atoms with E-state index in [0.717, 1.165) is 56.1 Å². The van der Waals surface area contributed by atoms with E-state index in [0.29, 0.717) is 12.4 Å². The van der Waals surface area contributed by atoms with Gasteiger partial charge in [0, 0.05) is 19.5 Å². The van der Waals surface area contributed by atoms with Crippen LogP contribution in [0.15, 0.2) is 16.7 Å². The zero-order chi connectivity index (χ0) is 16.9. The fourth-order valence-electron chi connectivity index (χ4n) is 3.06. The van der Waals surface area contributed by atoms with Crippen LogP contribution >= 0.6 is 0 Å². The summed E-state index contributed by atoms with van der Waals surface area (Å²) in [7, 11) is 3.34. The van der Waals surface area contributed by atoms with Crippen LogP contribution in [0.25, 0.3) is 0 Å². The lowest BCUT2D eigenvalue weighted by atomic mass is 9.99. The molecule has 1 aromatic carbocycles. The lowest BCUT2D eigenvalue weighted by molar-refractivity contribution is 0.209. The number of hydrogen-bond donors (Lipinski definition) is 0. The quantitative estimate of drug-likeness (QED) is 0.777. The molecule has 2 heterocycles. The highest BCUT2D eigenvalue weighted by molar-refractivity contribution is 5.48. The van der Waals surface area contributed by atoms with Gasteiger partial charge < -0.3 is 14.0 Å². The van der Waals surface area contributed by atoms with Gasteiger partial charge in [-0.2, -0.15) is 4.98 Å². The van der Waals surface area contributed by atoms with Crippen LogP contribution in [0.3, 0.4) is 0 Å². The van der Waals surface area contributed by atoms with Crippen LogP contribution in [0, 0.1) is 0 Å². The molecule has 6 heteroatoms. The van der Waals surface area contributed by atoms with Gasteiger partial charge in [0.15, 0.2) is 17.3 Å². The molecule has 0 saturated carbocycles. The molecule has 0 aliphatic carbocycles. The van der Waals surface area contributed by atoms with Crippen molar-refractivity contribution in [3.63, 3.8) is 0 Å². The van der Waals surface area contributed by atoms with Crippen LogP contribution in [0.4, 0.5) is 0 Å². The molecule has 1 aromatic heterocycles. The van der Waals surface area contributed by atoms with Gasteiger partial charge in [-0.1, -0.05) is 18.5 Å². The molecule has 0 radical (unpaired) electrons. The Hall–Kier alpha value is -2.08. The van der Waals surface area contributed by atoms with Gasteiger partial charge >= 0.3 is 0 Å². The van der Waals surface area contributed by atoms with Gasteiger partial charge in [-0.25, -0.2) is 0 Å². The van der Waals surface area contributed by atoms with Crippen molar-refractivity contribution in [3.8, 4) is 11.5 Å². The van der Waals surface area contributed by atoms with E-state index in [1.807, 2.05) is 0 Å². The Morgan fingerprint density at radius 1 is 1.17 bits per heavy atom. The molecule has 0 unspecified atom stereocenters. The van der Waals surface area contributed by atoms with Crippen molar-refractivity contribution in [2.45, 2.75) is 45.7 Å². The highest BCUT2D eigenvalue weighted by Crippen LogP contribution is 2.33. The first kappa shape index (κ1) is 16.8. The third-order valence-electron chi connectivity index (χ3n) is 4.42. The lowest BCUT2D eigenvalue weighted by Crippen LogP contribution is -2.30. The second kappa shape index (κ2) is 7.66. The number of benzene rings is 1. The number of aromatic nitrogens is 2. The molecule has 3 rings (SSSR count). The zero-order valence-electron chi connectivity index (χ0n) is 14.7. The number of nitrogens with zero attached hydrogens (tertiary/aromatic N) is 3. The van der Waals surface area contributed by atoms with Crippen molar-refractivity contribution in [1.82, 2.24) is 15.0 Å². The van der Waals surface area contributed by atoms with Crippen LogP contribution < -0.4 is 9.47 Å². The van der Waals surface area contributed by atoms with Crippen molar-refractivity contribution in [2.24, 2.45) is 0 Å². The number of fused-ring (bicyclic) bond motifs is 1. The maximum atomic E-state index is 5.41. The Labute approximate surface area is 142 Å². The molecule has 0 spiro atoms. The summed E-state index contributed by atoms with van der Waals surface area (Å²) in [6.45, 7) is 4.67. The number of methoxy groups -OCH3 is 2. The Bertz CT molecular complexity index is 684. The molecule has 24 heavy (non-hydrogen) atoms. The van der Waals surface area contributed by atoms with Gasteiger partial charge in [-0.3, -0.25) is 4.90 Å². The van der Waals surface area contributed by atoms with Gasteiger partial charge in [-0.05, 0) is 36.1 Å². The molecule has 0 atom stereocenters. The summed E-state index contributed by atoms with van der Waals surface area (Å²) in [6, 6.07) is 4.15. The van der Waals surface area contributed by atoms with Gasteiger partial charge in [0.05, 0.1) is 20.8 Å². The summed E-state index contributed by atoms with van der Waals surface area (Å²) in [5.41, 5.74) is 2.59. The number of aryl methyl sites for hydroxylation is 1. The van der Waals surface area contributed by atoms with E-state index < -0.39 is 0 Å². The molecule has 0 fully saturated rings. The first-order valence-corrected chi connectivity index (χ1v) is 8.51. The topological polar surface area (TPSA) is 60.6 Å². The number of rotatable bonds is 7. The van der Waals surface area contributed by atoms with Gasteiger partial charge in [0.25, 0.3) is 0 Å². The Kier molecular flexibility index (Phi) is 5.35. The predicted molar refractivity (Wildman–Crippen MR) is 90.3 cm³/mol. The van der Waals surface area contributed by atoms with Gasteiger partial charge in [-0.15, -0.1) is 0 Å².